The summed E-state index contributed by atoms with van der Waals surface area (Å²) in [5, 5.41) is 6.03. The lowest BCUT2D eigenvalue weighted by atomic mass is 9.86. The summed E-state index contributed by atoms with van der Waals surface area (Å²) in [6.45, 7) is 2.21. The molecule has 1 aromatic carbocycles. The smallest absolute Gasteiger partial charge is 0.319 e. The van der Waals surface area contributed by atoms with Gasteiger partial charge in [0.2, 0.25) is 0 Å². The molecule has 2 atom stereocenters. The van der Waals surface area contributed by atoms with Crippen LogP contribution in [-0.4, -0.2) is 17.1 Å². The molecule has 5 nitrogen and oxygen atoms in total. The Morgan fingerprint density at radius 3 is 2.83 bits per heavy atom. The molecule has 2 fully saturated rings. The van der Waals surface area contributed by atoms with Crippen LogP contribution in [0.3, 0.4) is 0 Å². The van der Waals surface area contributed by atoms with Gasteiger partial charge in [-0.15, -0.1) is 0 Å². The second-order valence-corrected chi connectivity index (χ2v) is 6.98. The normalized spacial score (nSPS) is 24.6. The van der Waals surface area contributed by atoms with Gasteiger partial charge in [0, 0.05) is 17.6 Å². The van der Waals surface area contributed by atoms with Gasteiger partial charge >= 0.3 is 6.03 Å². The minimum atomic E-state index is -0.131. The fourth-order valence-electron chi connectivity index (χ4n) is 3.39. The molecule has 2 aliphatic carbocycles. The van der Waals surface area contributed by atoms with Crippen molar-refractivity contribution >= 4 is 22.8 Å². The van der Waals surface area contributed by atoms with E-state index in [1.807, 2.05) is 18.2 Å². The number of aromatic nitrogens is 1. The average Bonchev–Trinajstić information content (AvgIpc) is 3.29. The maximum atomic E-state index is 12.2. The molecule has 0 spiro atoms. The summed E-state index contributed by atoms with van der Waals surface area (Å²) in [5.74, 6) is 1.88. The second kappa shape index (κ2) is 5.87. The Morgan fingerprint density at radius 1 is 1.22 bits per heavy atom. The first-order valence-corrected chi connectivity index (χ1v) is 8.67. The number of anilines is 1. The van der Waals surface area contributed by atoms with E-state index >= 15 is 0 Å². The quantitative estimate of drug-likeness (QED) is 0.882. The number of rotatable bonds is 3. The molecule has 0 radical (unpaired) electrons. The Kier molecular flexibility index (Phi) is 3.71. The average molecular weight is 313 g/mol. The van der Waals surface area contributed by atoms with Crippen LogP contribution in [0.2, 0.25) is 0 Å². The highest BCUT2D eigenvalue weighted by atomic mass is 16.3. The van der Waals surface area contributed by atoms with Crippen molar-refractivity contribution in [2.24, 2.45) is 5.92 Å². The summed E-state index contributed by atoms with van der Waals surface area (Å²) in [6.07, 6.45) is 7.07. The first kappa shape index (κ1) is 14.5. The molecule has 2 amide bonds. The van der Waals surface area contributed by atoms with Crippen LogP contribution >= 0.6 is 0 Å². The van der Waals surface area contributed by atoms with Crippen LogP contribution < -0.4 is 10.6 Å². The zero-order valence-corrected chi connectivity index (χ0v) is 13.5. The number of fused-ring (bicyclic) bond motifs is 1. The van der Waals surface area contributed by atoms with Crippen molar-refractivity contribution in [2.45, 2.75) is 57.4 Å². The summed E-state index contributed by atoms with van der Waals surface area (Å²) in [4.78, 5) is 16.8. The molecule has 0 bridgehead atoms. The topological polar surface area (TPSA) is 67.2 Å². The molecule has 1 heterocycles. The Hall–Kier alpha value is -2.04. The van der Waals surface area contributed by atoms with Crippen molar-refractivity contribution in [3.63, 3.8) is 0 Å². The van der Waals surface area contributed by atoms with Crippen molar-refractivity contribution < 1.29 is 9.21 Å². The summed E-state index contributed by atoms with van der Waals surface area (Å²) >= 11 is 0. The molecule has 122 valence electrons. The van der Waals surface area contributed by atoms with Crippen LogP contribution in [0.5, 0.6) is 0 Å². The van der Waals surface area contributed by atoms with E-state index in [4.69, 9.17) is 4.42 Å². The highest BCUT2D eigenvalue weighted by Gasteiger charge is 2.29. The molecular formula is C18H23N3O2. The van der Waals surface area contributed by atoms with Gasteiger partial charge < -0.3 is 15.1 Å². The van der Waals surface area contributed by atoms with Gasteiger partial charge in [-0.25, -0.2) is 9.78 Å². The lowest BCUT2D eigenvalue weighted by Gasteiger charge is -2.29. The van der Waals surface area contributed by atoms with E-state index < -0.39 is 0 Å². The number of oxazole rings is 1. The third-order valence-electron chi connectivity index (χ3n) is 5.02. The van der Waals surface area contributed by atoms with Crippen LogP contribution in [0.25, 0.3) is 11.1 Å². The Morgan fingerprint density at radius 2 is 2.04 bits per heavy atom. The van der Waals surface area contributed by atoms with Gasteiger partial charge in [0.05, 0.1) is 0 Å². The molecule has 0 aliphatic heterocycles. The maximum Gasteiger partial charge on any atom is 0.319 e. The summed E-state index contributed by atoms with van der Waals surface area (Å²) in [5.41, 5.74) is 2.36. The first-order chi connectivity index (χ1) is 11.2. The van der Waals surface area contributed by atoms with Crippen LogP contribution in [-0.2, 0) is 0 Å². The molecule has 2 aromatic rings. The Labute approximate surface area is 135 Å². The molecular weight excluding hydrogens is 290 g/mol. The van der Waals surface area contributed by atoms with Gasteiger partial charge in [-0.1, -0.05) is 19.8 Å². The minimum Gasteiger partial charge on any atom is -0.440 e. The molecule has 4 rings (SSSR count). The zero-order chi connectivity index (χ0) is 15.8. The van der Waals surface area contributed by atoms with Crippen molar-refractivity contribution in [1.29, 1.82) is 0 Å². The number of hydrogen-bond acceptors (Lipinski definition) is 3. The summed E-state index contributed by atoms with van der Waals surface area (Å²) in [6, 6.07) is 5.78. The Balaban J connectivity index is 1.43. The van der Waals surface area contributed by atoms with Crippen LogP contribution in [0.1, 0.15) is 57.3 Å². The largest absolute Gasteiger partial charge is 0.440 e. The number of carbonyl (C=O) groups is 1. The van der Waals surface area contributed by atoms with Gasteiger partial charge in [0.25, 0.3) is 0 Å². The maximum absolute atomic E-state index is 12.2. The SMILES string of the molecule is CC1CCCCC1NC(=O)Nc1ccc2oc(C3CC3)nc2c1. The van der Waals surface area contributed by atoms with E-state index in [1.165, 1.54) is 32.1 Å². The van der Waals surface area contributed by atoms with Gasteiger partial charge in [-0.05, 0) is 49.8 Å². The fourth-order valence-corrected chi connectivity index (χ4v) is 3.39. The molecule has 2 aliphatic rings. The predicted molar refractivity (Wildman–Crippen MR) is 89.6 cm³/mol. The second-order valence-electron chi connectivity index (χ2n) is 6.98. The van der Waals surface area contributed by atoms with E-state index in [1.54, 1.807) is 0 Å². The number of hydrogen-bond donors (Lipinski definition) is 2. The highest BCUT2D eigenvalue weighted by molar-refractivity contribution is 5.91. The third kappa shape index (κ3) is 3.19. The molecule has 2 saturated carbocycles. The zero-order valence-electron chi connectivity index (χ0n) is 13.5. The fraction of sp³-hybridized carbons (Fsp3) is 0.556. The molecule has 23 heavy (non-hydrogen) atoms. The molecule has 0 saturated heterocycles. The van der Waals surface area contributed by atoms with E-state index in [-0.39, 0.29) is 12.1 Å². The number of carbonyl (C=O) groups excluding carboxylic acids is 1. The Bertz CT molecular complexity index is 720. The van der Waals surface area contributed by atoms with Crippen LogP contribution in [0.15, 0.2) is 22.6 Å². The lowest BCUT2D eigenvalue weighted by Crippen LogP contribution is -2.43. The lowest BCUT2D eigenvalue weighted by molar-refractivity contribution is 0.232. The highest BCUT2D eigenvalue weighted by Crippen LogP contribution is 2.40. The van der Waals surface area contributed by atoms with Crippen LogP contribution in [0, 0.1) is 5.92 Å². The minimum absolute atomic E-state index is 0.131. The number of amides is 2. The summed E-state index contributed by atoms with van der Waals surface area (Å²) in [7, 11) is 0. The van der Waals surface area contributed by atoms with E-state index in [0.717, 1.165) is 29.1 Å². The molecule has 2 unspecified atom stereocenters. The number of urea groups is 1. The molecule has 5 heteroatoms. The van der Waals surface area contributed by atoms with Crippen molar-refractivity contribution in [3.05, 3.63) is 24.1 Å². The molecule has 1 aromatic heterocycles. The van der Waals surface area contributed by atoms with E-state index in [0.29, 0.717) is 11.8 Å². The predicted octanol–water partition coefficient (Wildman–Crippen LogP) is 4.41. The number of benzene rings is 1. The van der Waals surface area contributed by atoms with Crippen molar-refractivity contribution in [3.8, 4) is 0 Å². The van der Waals surface area contributed by atoms with Gasteiger partial charge in [0.15, 0.2) is 11.5 Å². The number of nitrogens with zero attached hydrogens (tertiary/aromatic N) is 1. The van der Waals surface area contributed by atoms with Crippen molar-refractivity contribution in [1.82, 2.24) is 10.3 Å². The van der Waals surface area contributed by atoms with Crippen LogP contribution in [0.4, 0.5) is 10.5 Å². The standard InChI is InChI=1S/C18H23N3O2/c1-11-4-2-3-5-14(11)21-18(22)19-13-8-9-16-15(10-13)20-17(23-16)12-6-7-12/h8-12,14H,2-7H2,1H3,(H2,19,21,22). The van der Waals surface area contributed by atoms with E-state index in [9.17, 15) is 4.79 Å². The first-order valence-electron chi connectivity index (χ1n) is 8.67. The van der Waals surface area contributed by atoms with Gasteiger partial charge in [0.1, 0.15) is 5.52 Å². The van der Waals surface area contributed by atoms with Crippen molar-refractivity contribution in [2.75, 3.05) is 5.32 Å². The monoisotopic (exact) mass is 313 g/mol. The summed E-state index contributed by atoms with van der Waals surface area (Å²) < 4.78 is 5.75. The third-order valence-corrected chi connectivity index (χ3v) is 5.02. The van der Waals surface area contributed by atoms with Gasteiger partial charge in [-0.2, -0.15) is 0 Å². The number of nitrogens with one attached hydrogen (secondary N) is 2. The van der Waals surface area contributed by atoms with Gasteiger partial charge in [-0.3, -0.25) is 0 Å². The van der Waals surface area contributed by atoms with E-state index in [2.05, 4.69) is 22.5 Å². The molecule has 2 N–H and O–H groups in total.